The van der Waals surface area contributed by atoms with Crippen LogP contribution < -0.4 is 20.1 Å². The summed E-state index contributed by atoms with van der Waals surface area (Å²) in [7, 11) is -1.61. The van der Waals surface area contributed by atoms with E-state index in [9.17, 15) is 8.42 Å². The SMILES string of the molecule is CN=C(NCc1ccc(C)cc1OCC1CCOC1)NCC(C)(C)NS(C)(=O)=O.I. The highest BCUT2D eigenvalue weighted by Gasteiger charge is 2.22. The van der Waals surface area contributed by atoms with Crippen molar-refractivity contribution in [1.29, 1.82) is 0 Å². The second kappa shape index (κ2) is 12.1. The van der Waals surface area contributed by atoms with Crippen LogP contribution in [0.25, 0.3) is 0 Å². The van der Waals surface area contributed by atoms with E-state index in [-0.39, 0.29) is 24.0 Å². The molecular formula is C20H35IN4O4S. The first-order valence-corrected chi connectivity index (χ1v) is 11.7. The number of benzene rings is 1. The Labute approximate surface area is 197 Å². The summed E-state index contributed by atoms with van der Waals surface area (Å²) in [6, 6.07) is 6.14. The summed E-state index contributed by atoms with van der Waals surface area (Å²) in [5, 5.41) is 6.43. The smallest absolute Gasteiger partial charge is 0.209 e. The van der Waals surface area contributed by atoms with Gasteiger partial charge in [-0.2, -0.15) is 0 Å². The molecule has 2 rings (SSSR count). The number of ether oxygens (including phenoxy) is 2. The molecule has 0 aromatic heterocycles. The fourth-order valence-corrected chi connectivity index (χ4v) is 4.18. The minimum Gasteiger partial charge on any atom is -0.493 e. The van der Waals surface area contributed by atoms with Gasteiger partial charge in [-0.05, 0) is 38.8 Å². The summed E-state index contributed by atoms with van der Waals surface area (Å²) < 4.78 is 37.1. The zero-order valence-electron chi connectivity index (χ0n) is 18.4. The number of hydrogen-bond donors (Lipinski definition) is 3. The molecule has 0 radical (unpaired) electrons. The van der Waals surface area contributed by atoms with Crippen LogP contribution in [-0.4, -0.2) is 59.6 Å². The topological polar surface area (TPSA) is 101 Å². The van der Waals surface area contributed by atoms with Crippen LogP contribution in [0, 0.1) is 12.8 Å². The molecule has 1 saturated heterocycles. The summed E-state index contributed by atoms with van der Waals surface area (Å²) in [6.07, 6.45) is 2.19. The van der Waals surface area contributed by atoms with Gasteiger partial charge in [-0.3, -0.25) is 4.99 Å². The van der Waals surface area contributed by atoms with Crippen molar-refractivity contribution in [3.63, 3.8) is 0 Å². The van der Waals surface area contributed by atoms with E-state index in [0.717, 1.165) is 42.8 Å². The summed E-state index contributed by atoms with van der Waals surface area (Å²) in [5.41, 5.74) is 1.53. The number of nitrogens with one attached hydrogen (secondary N) is 3. The maximum atomic E-state index is 11.5. The molecule has 8 nitrogen and oxygen atoms in total. The van der Waals surface area contributed by atoms with E-state index in [1.54, 1.807) is 7.05 Å². The number of guanidine groups is 1. The van der Waals surface area contributed by atoms with Crippen molar-refractivity contribution in [2.24, 2.45) is 10.9 Å². The van der Waals surface area contributed by atoms with Gasteiger partial charge in [-0.1, -0.05) is 12.1 Å². The predicted molar refractivity (Wildman–Crippen MR) is 131 cm³/mol. The van der Waals surface area contributed by atoms with Gasteiger partial charge in [0.15, 0.2) is 5.96 Å². The first-order chi connectivity index (χ1) is 13.6. The van der Waals surface area contributed by atoms with Crippen molar-refractivity contribution in [2.45, 2.75) is 39.3 Å². The molecule has 0 amide bonds. The Morgan fingerprint density at radius 3 is 2.67 bits per heavy atom. The Morgan fingerprint density at radius 2 is 2.07 bits per heavy atom. The van der Waals surface area contributed by atoms with Gasteiger partial charge in [0, 0.05) is 43.8 Å². The Balaban J connectivity index is 0.00000450. The van der Waals surface area contributed by atoms with Gasteiger partial charge in [0.05, 0.1) is 19.5 Å². The first kappa shape index (κ1) is 26.9. The lowest BCUT2D eigenvalue weighted by Gasteiger charge is -2.26. The second-order valence-electron chi connectivity index (χ2n) is 8.19. The van der Waals surface area contributed by atoms with Crippen molar-refractivity contribution >= 4 is 40.0 Å². The summed E-state index contributed by atoms with van der Waals surface area (Å²) >= 11 is 0. The first-order valence-electron chi connectivity index (χ1n) is 9.81. The van der Waals surface area contributed by atoms with Crippen molar-refractivity contribution in [1.82, 2.24) is 15.4 Å². The summed E-state index contributed by atoms with van der Waals surface area (Å²) in [5.74, 6) is 1.89. The quantitative estimate of drug-likeness (QED) is 0.246. The molecule has 1 aromatic carbocycles. The van der Waals surface area contributed by atoms with Crippen LogP contribution in [0.3, 0.4) is 0 Å². The van der Waals surface area contributed by atoms with Crippen molar-refractivity contribution < 1.29 is 17.9 Å². The average Bonchev–Trinajstić information content (AvgIpc) is 3.12. The molecule has 0 spiro atoms. The van der Waals surface area contributed by atoms with Crippen molar-refractivity contribution in [2.75, 3.05) is 39.7 Å². The third-order valence-corrected chi connectivity index (χ3v) is 5.47. The number of halogens is 1. The van der Waals surface area contributed by atoms with E-state index in [1.807, 2.05) is 32.9 Å². The monoisotopic (exact) mass is 554 g/mol. The molecule has 1 aliphatic heterocycles. The zero-order valence-corrected chi connectivity index (χ0v) is 21.6. The molecule has 0 bridgehead atoms. The van der Waals surface area contributed by atoms with Crippen LogP contribution in [0.4, 0.5) is 0 Å². The molecule has 172 valence electrons. The van der Waals surface area contributed by atoms with Crippen LogP contribution >= 0.6 is 24.0 Å². The van der Waals surface area contributed by atoms with Crippen LogP contribution in [0.5, 0.6) is 5.75 Å². The number of hydrogen-bond acceptors (Lipinski definition) is 5. The zero-order chi connectivity index (χ0) is 21.5. The van der Waals surface area contributed by atoms with E-state index in [1.165, 1.54) is 0 Å². The Hall–Kier alpha value is -1.11. The molecule has 3 N–H and O–H groups in total. The van der Waals surface area contributed by atoms with Gasteiger partial charge < -0.3 is 20.1 Å². The number of rotatable bonds is 9. The van der Waals surface area contributed by atoms with Gasteiger partial charge in [-0.25, -0.2) is 13.1 Å². The minimum atomic E-state index is -3.29. The van der Waals surface area contributed by atoms with E-state index in [4.69, 9.17) is 9.47 Å². The standard InChI is InChI=1S/C20H34N4O4S.HI/c1-15-6-7-17(18(10-15)28-13-16-8-9-27-12-16)11-22-19(21-4)23-14-20(2,3)24-29(5,25)26;/h6-7,10,16,24H,8-9,11-14H2,1-5H3,(H2,21,22,23);1H. The second-order valence-corrected chi connectivity index (χ2v) is 9.94. The average molecular weight is 554 g/mol. The maximum absolute atomic E-state index is 11.5. The number of aliphatic imine (C=N–C) groups is 1. The molecular weight excluding hydrogens is 519 g/mol. The molecule has 0 aliphatic carbocycles. The lowest BCUT2D eigenvalue weighted by Crippen LogP contribution is -2.52. The van der Waals surface area contributed by atoms with Gasteiger partial charge in [0.2, 0.25) is 10.0 Å². The van der Waals surface area contributed by atoms with Crippen molar-refractivity contribution in [3.05, 3.63) is 29.3 Å². The molecule has 0 saturated carbocycles. The third kappa shape index (κ3) is 9.80. The third-order valence-electron chi connectivity index (χ3n) is 4.55. The minimum absolute atomic E-state index is 0. The van der Waals surface area contributed by atoms with Crippen LogP contribution in [-0.2, 0) is 21.3 Å². The lowest BCUT2D eigenvalue weighted by atomic mass is 10.1. The fourth-order valence-electron chi connectivity index (χ4n) is 3.11. The number of nitrogens with zero attached hydrogens (tertiary/aromatic N) is 1. The molecule has 30 heavy (non-hydrogen) atoms. The normalized spacial score (nSPS) is 17.4. The highest BCUT2D eigenvalue weighted by Crippen LogP contribution is 2.22. The molecule has 10 heteroatoms. The van der Waals surface area contributed by atoms with E-state index in [0.29, 0.717) is 31.6 Å². The van der Waals surface area contributed by atoms with Gasteiger partial charge in [-0.15, -0.1) is 24.0 Å². The molecule has 1 aromatic rings. The van der Waals surface area contributed by atoms with E-state index < -0.39 is 15.6 Å². The van der Waals surface area contributed by atoms with Gasteiger partial charge in [0.1, 0.15) is 5.75 Å². The molecule has 1 heterocycles. The Bertz CT molecular complexity index is 809. The molecule has 1 aliphatic rings. The van der Waals surface area contributed by atoms with E-state index >= 15 is 0 Å². The van der Waals surface area contributed by atoms with Crippen LogP contribution in [0.15, 0.2) is 23.2 Å². The van der Waals surface area contributed by atoms with Gasteiger partial charge in [0.25, 0.3) is 0 Å². The summed E-state index contributed by atoms with van der Waals surface area (Å²) in [4.78, 5) is 4.22. The predicted octanol–water partition coefficient (Wildman–Crippen LogP) is 2.02. The molecule has 1 unspecified atom stereocenters. The highest BCUT2D eigenvalue weighted by molar-refractivity contribution is 14.0. The van der Waals surface area contributed by atoms with Crippen molar-refractivity contribution in [3.8, 4) is 5.75 Å². The Morgan fingerprint density at radius 1 is 1.33 bits per heavy atom. The summed E-state index contributed by atoms with van der Waals surface area (Å²) in [6.45, 7) is 8.81. The maximum Gasteiger partial charge on any atom is 0.209 e. The lowest BCUT2D eigenvalue weighted by molar-refractivity contribution is 0.166. The van der Waals surface area contributed by atoms with Crippen LogP contribution in [0.2, 0.25) is 0 Å². The molecule has 1 fully saturated rings. The Kier molecular flexibility index (Phi) is 10.8. The molecule has 1 atom stereocenters. The largest absolute Gasteiger partial charge is 0.493 e. The number of sulfonamides is 1. The van der Waals surface area contributed by atoms with Gasteiger partial charge >= 0.3 is 0 Å². The fraction of sp³-hybridized carbons (Fsp3) is 0.650. The van der Waals surface area contributed by atoms with E-state index in [2.05, 4.69) is 26.4 Å². The number of aryl methyl sites for hydroxylation is 1. The highest BCUT2D eigenvalue weighted by atomic mass is 127. The van der Waals surface area contributed by atoms with Crippen LogP contribution in [0.1, 0.15) is 31.4 Å².